The summed E-state index contributed by atoms with van der Waals surface area (Å²) in [6.07, 6.45) is 0. The molecule has 0 saturated carbocycles. The monoisotopic (exact) mass is 496 g/mol. The average molecular weight is 497 g/mol. The van der Waals surface area contributed by atoms with Crippen LogP contribution in [0, 0.1) is 6.92 Å². The van der Waals surface area contributed by atoms with Gasteiger partial charge in [-0.1, -0.05) is 30.3 Å². The molecular formula is C29H28N4O4. The molecular weight excluding hydrogens is 468 g/mol. The second-order valence-electron chi connectivity index (χ2n) is 9.03. The van der Waals surface area contributed by atoms with E-state index in [1.165, 1.54) is 11.3 Å². The van der Waals surface area contributed by atoms with Gasteiger partial charge in [-0.2, -0.15) is 0 Å². The van der Waals surface area contributed by atoms with Crippen LogP contribution in [0.5, 0.6) is 5.75 Å². The van der Waals surface area contributed by atoms with Crippen molar-refractivity contribution in [2.75, 3.05) is 47.9 Å². The minimum absolute atomic E-state index is 0.151. The van der Waals surface area contributed by atoms with Crippen LogP contribution in [0.2, 0.25) is 0 Å². The average Bonchev–Trinajstić information content (AvgIpc) is 2.92. The summed E-state index contributed by atoms with van der Waals surface area (Å²) in [6, 6.07) is 24.2. The van der Waals surface area contributed by atoms with E-state index in [4.69, 9.17) is 9.72 Å². The van der Waals surface area contributed by atoms with E-state index in [0.717, 1.165) is 26.2 Å². The van der Waals surface area contributed by atoms with Crippen LogP contribution in [0.25, 0.3) is 10.9 Å². The molecule has 0 atom stereocenters. The summed E-state index contributed by atoms with van der Waals surface area (Å²) in [6.45, 7) is 5.05. The van der Waals surface area contributed by atoms with E-state index in [1.807, 2.05) is 18.2 Å². The molecule has 5 rings (SSSR count). The molecule has 0 unspecified atom stereocenters. The van der Waals surface area contributed by atoms with Crippen molar-refractivity contribution in [3.05, 3.63) is 90.0 Å². The second kappa shape index (κ2) is 10.6. The number of pyridine rings is 1. The predicted octanol–water partition coefficient (Wildman–Crippen LogP) is 4.59. The highest BCUT2D eigenvalue weighted by Gasteiger charge is 2.21. The van der Waals surface area contributed by atoms with E-state index in [0.29, 0.717) is 28.2 Å². The van der Waals surface area contributed by atoms with E-state index in [9.17, 15) is 14.7 Å². The number of benzene rings is 3. The van der Waals surface area contributed by atoms with Gasteiger partial charge in [0.15, 0.2) is 6.61 Å². The molecule has 1 saturated heterocycles. The van der Waals surface area contributed by atoms with Crippen LogP contribution in [-0.4, -0.2) is 54.8 Å². The van der Waals surface area contributed by atoms with Crippen LogP contribution >= 0.6 is 0 Å². The van der Waals surface area contributed by atoms with Crippen molar-refractivity contribution < 1.29 is 19.4 Å². The zero-order valence-corrected chi connectivity index (χ0v) is 20.6. The van der Waals surface area contributed by atoms with E-state index in [2.05, 4.69) is 46.3 Å². The van der Waals surface area contributed by atoms with Crippen LogP contribution in [0.15, 0.2) is 78.9 Å². The first-order valence-electron chi connectivity index (χ1n) is 12.2. The molecule has 2 heterocycles. The summed E-state index contributed by atoms with van der Waals surface area (Å²) in [5, 5.41) is 13.2. The maximum Gasteiger partial charge on any atom is 0.336 e. The largest absolute Gasteiger partial charge is 0.484 e. The number of nitrogens with one attached hydrogen (secondary N) is 1. The van der Waals surface area contributed by atoms with Gasteiger partial charge in [-0.05, 0) is 61.0 Å². The molecule has 4 aromatic rings. The van der Waals surface area contributed by atoms with Crippen molar-refractivity contribution in [1.29, 1.82) is 0 Å². The predicted molar refractivity (Wildman–Crippen MR) is 145 cm³/mol. The highest BCUT2D eigenvalue weighted by atomic mass is 16.5. The number of carbonyl (C=O) groups is 2. The fraction of sp³-hybridized carbons (Fsp3) is 0.207. The lowest BCUT2D eigenvalue weighted by atomic mass is 10.1. The molecule has 3 aromatic carbocycles. The van der Waals surface area contributed by atoms with Gasteiger partial charge in [-0.25, -0.2) is 9.78 Å². The van der Waals surface area contributed by atoms with Crippen LogP contribution in [0.1, 0.15) is 15.9 Å². The number of hydrogen-bond acceptors (Lipinski definition) is 6. The number of amides is 1. The van der Waals surface area contributed by atoms with Crippen molar-refractivity contribution in [2.45, 2.75) is 6.92 Å². The fourth-order valence-electron chi connectivity index (χ4n) is 4.51. The van der Waals surface area contributed by atoms with Gasteiger partial charge in [0, 0.05) is 42.9 Å². The van der Waals surface area contributed by atoms with Crippen molar-refractivity contribution in [3.8, 4) is 5.75 Å². The Balaban J connectivity index is 1.30. The number of hydrogen-bond donors (Lipinski definition) is 2. The number of aromatic nitrogens is 1. The quantitative estimate of drug-likeness (QED) is 0.387. The van der Waals surface area contributed by atoms with Crippen molar-refractivity contribution in [2.24, 2.45) is 0 Å². The number of rotatable bonds is 7. The Hall–Kier alpha value is -4.59. The molecule has 37 heavy (non-hydrogen) atoms. The Labute approximate surface area is 215 Å². The van der Waals surface area contributed by atoms with Gasteiger partial charge in [0.25, 0.3) is 5.91 Å². The number of ether oxygens (including phenoxy) is 1. The summed E-state index contributed by atoms with van der Waals surface area (Å²) in [5.74, 6) is -0.137. The summed E-state index contributed by atoms with van der Waals surface area (Å²) in [7, 11) is 0. The Morgan fingerprint density at radius 3 is 2.41 bits per heavy atom. The van der Waals surface area contributed by atoms with Crippen molar-refractivity contribution in [1.82, 2.24) is 4.98 Å². The van der Waals surface area contributed by atoms with Gasteiger partial charge < -0.3 is 25.0 Å². The maximum absolute atomic E-state index is 12.4. The molecule has 0 spiro atoms. The molecule has 1 aliphatic heterocycles. The zero-order chi connectivity index (χ0) is 25.8. The molecule has 188 valence electrons. The van der Waals surface area contributed by atoms with Crippen LogP contribution in [-0.2, 0) is 4.79 Å². The number of carbonyl (C=O) groups excluding carboxylic acids is 1. The summed E-state index contributed by atoms with van der Waals surface area (Å²) < 4.78 is 5.49. The van der Waals surface area contributed by atoms with Gasteiger partial charge in [-0.15, -0.1) is 0 Å². The highest BCUT2D eigenvalue weighted by Crippen LogP contribution is 2.27. The first-order chi connectivity index (χ1) is 18.0. The van der Waals surface area contributed by atoms with E-state index >= 15 is 0 Å². The number of para-hydroxylation sites is 1. The number of carboxylic acids is 1. The van der Waals surface area contributed by atoms with E-state index in [1.54, 1.807) is 36.4 Å². The van der Waals surface area contributed by atoms with Gasteiger partial charge in [0.2, 0.25) is 0 Å². The van der Waals surface area contributed by atoms with Crippen LogP contribution in [0.4, 0.5) is 17.2 Å². The molecule has 1 aliphatic rings. The zero-order valence-electron chi connectivity index (χ0n) is 20.6. The third kappa shape index (κ3) is 5.64. The summed E-state index contributed by atoms with van der Waals surface area (Å²) in [5.41, 5.74) is 3.62. The number of carboxylic acid groups (broad SMARTS) is 1. The Kier molecular flexibility index (Phi) is 6.89. The van der Waals surface area contributed by atoms with Gasteiger partial charge in [0.05, 0.1) is 11.1 Å². The molecule has 1 fully saturated rings. The SMILES string of the molecule is Cc1cccc(N2CCN(c3cc(C(=O)O)c4cc(NC(=O)COc5ccccc5)ccc4n3)CC2)c1. The third-order valence-electron chi connectivity index (χ3n) is 6.39. The Bertz CT molecular complexity index is 1430. The lowest BCUT2D eigenvalue weighted by molar-refractivity contribution is -0.118. The highest BCUT2D eigenvalue weighted by molar-refractivity contribution is 6.05. The molecule has 2 N–H and O–H groups in total. The lowest BCUT2D eigenvalue weighted by Crippen LogP contribution is -2.46. The Morgan fingerprint density at radius 1 is 0.919 bits per heavy atom. The minimum Gasteiger partial charge on any atom is -0.484 e. The second-order valence-corrected chi connectivity index (χ2v) is 9.03. The summed E-state index contributed by atoms with van der Waals surface area (Å²) >= 11 is 0. The molecule has 1 aromatic heterocycles. The standard InChI is InChI=1S/C29H28N4O4/c1-20-6-5-7-22(16-20)32-12-14-33(15-13-32)27-18-25(29(35)36)24-17-21(10-11-26(24)31-27)30-28(34)19-37-23-8-3-2-4-9-23/h2-11,16-18H,12-15,19H2,1H3,(H,30,34)(H,35,36). The maximum atomic E-state index is 12.4. The normalized spacial score (nSPS) is 13.4. The van der Waals surface area contributed by atoms with E-state index < -0.39 is 5.97 Å². The first-order valence-corrected chi connectivity index (χ1v) is 12.2. The van der Waals surface area contributed by atoms with Crippen LogP contribution < -0.4 is 19.9 Å². The van der Waals surface area contributed by atoms with E-state index in [-0.39, 0.29) is 18.1 Å². The van der Waals surface area contributed by atoms with Gasteiger partial charge in [0.1, 0.15) is 11.6 Å². The smallest absolute Gasteiger partial charge is 0.336 e. The number of fused-ring (bicyclic) bond motifs is 1. The molecule has 0 bridgehead atoms. The van der Waals surface area contributed by atoms with Gasteiger partial charge in [-0.3, -0.25) is 4.79 Å². The summed E-state index contributed by atoms with van der Waals surface area (Å²) in [4.78, 5) is 33.7. The van der Waals surface area contributed by atoms with Gasteiger partial charge >= 0.3 is 5.97 Å². The number of aryl methyl sites for hydroxylation is 1. The first kappa shape index (κ1) is 24.1. The van der Waals surface area contributed by atoms with Crippen molar-refractivity contribution >= 4 is 40.0 Å². The molecule has 8 nitrogen and oxygen atoms in total. The number of anilines is 3. The molecule has 0 radical (unpaired) electrons. The number of aromatic carboxylic acids is 1. The molecule has 8 heteroatoms. The molecule has 1 amide bonds. The third-order valence-corrected chi connectivity index (χ3v) is 6.39. The lowest BCUT2D eigenvalue weighted by Gasteiger charge is -2.37. The number of piperazine rings is 1. The molecule has 0 aliphatic carbocycles. The fourth-order valence-corrected chi connectivity index (χ4v) is 4.51. The minimum atomic E-state index is -1.04. The Morgan fingerprint density at radius 2 is 1.68 bits per heavy atom. The number of nitrogens with zero attached hydrogens (tertiary/aromatic N) is 3. The topological polar surface area (TPSA) is 95.0 Å². The van der Waals surface area contributed by atoms with Crippen molar-refractivity contribution in [3.63, 3.8) is 0 Å². The van der Waals surface area contributed by atoms with Crippen LogP contribution in [0.3, 0.4) is 0 Å².